The van der Waals surface area contributed by atoms with Crippen LogP contribution in [-0.2, 0) is 24.4 Å². The summed E-state index contributed by atoms with van der Waals surface area (Å²) in [5.74, 6) is 1.04. The molecule has 0 amide bonds. The summed E-state index contributed by atoms with van der Waals surface area (Å²) in [6.45, 7) is 4.49. The van der Waals surface area contributed by atoms with E-state index in [1.165, 1.54) is 5.56 Å². The molecule has 7 nitrogen and oxygen atoms in total. The van der Waals surface area contributed by atoms with E-state index in [1.807, 2.05) is 0 Å². The summed E-state index contributed by atoms with van der Waals surface area (Å²) in [4.78, 5) is 18.9. The quantitative estimate of drug-likeness (QED) is 0.253. The van der Waals surface area contributed by atoms with E-state index in [1.54, 1.807) is 36.4 Å². The van der Waals surface area contributed by atoms with Crippen LogP contribution >= 0.6 is 23.2 Å². The van der Waals surface area contributed by atoms with Gasteiger partial charge in [0.25, 0.3) is 0 Å². The molecule has 1 N–H and O–H groups in total. The monoisotopic (exact) mass is 565 g/mol. The number of rotatable bonds is 9. The van der Waals surface area contributed by atoms with Crippen molar-refractivity contribution in [3.8, 4) is 5.75 Å². The van der Waals surface area contributed by atoms with Crippen LogP contribution in [0.4, 0.5) is 0 Å². The van der Waals surface area contributed by atoms with Crippen LogP contribution in [0.15, 0.2) is 60.7 Å². The first-order chi connectivity index (χ1) is 18.9. The van der Waals surface area contributed by atoms with Crippen LogP contribution in [0.3, 0.4) is 0 Å². The number of carboxylic acid groups (broad SMARTS) is 1. The van der Waals surface area contributed by atoms with E-state index in [4.69, 9.17) is 37.7 Å². The highest BCUT2D eigenvalue weighted by molar-refractivity contribution is 6.35. The molecular weight excluding hydrogens is 537 g/mol. The summed E-state index contributed by atoms with van der Waals surface area (Å²) in [6, 6.07) is 18.9. The van der Waals surface area contributed by atoms with Crippen molar-refractivity contribution in [1.29, 1.82) is 0 Å². The lowest BCUT2D eigenvalue weighted by atomic mass is 9.97. The summed E-state index contributed by atoms with van der Waals surface area (Å²) in [5, 5.41) is 10.6. The van der Waals surface area contributed by atoms with Gasteiger partial charge in [-0.25, -0.2) is 9.78 Å². The Morgan fingerprint density at radius 2 is 1.97 bits per heavy atom. The molecule has 0 saturated carbocycles. The minimum absolute atomic E-state index is 0.147. The number of aromatic nitrogens is 2. The first-order valence-electron chi connectivity index (χ1n) is 13.2. The lowest BCUT2D eigenvalue weighted by Gasteiger charge is -2.28. The lowest BCUT2D eigenvalue weighted by Crippen LogP contribution is -2.32. The summed E-state index contributed by atoms with van der Waals surface area (Å²) < 4.78 is 13.8. The van der Waals surface area contributed by atoms with Crippen molar-refractivity contribution in [2.24, 2.45) is 0 Å². The smallest absolute Gasteiger partial charge is 0.335 e. The first-order valence-corrected chi connectivity index (χ1v) is 13.9. The number of hydrogen-bond donors (Lipinski definition) is 1. The van der Waals surface area contributed by atoms with E-state index >= 15 is 0 Å². The van der Waals surface area contributed by atoms with E-state index in [-0.39, 0.29) is 11.7 Å². The average molecular weight is 566 g/mol. The summed E-state index contributed by atoms with van der Waals surface area (Å²) >= 11 is 12.2. The number of hydrogen-bond acceptors (Lipinski definition) is 5. The highest BCUT2D eigenvalue weighted by Crippen LogP contribution is 2.31. The second-order valence-electron chi connectivity index (χ2n) is 10.3. The third kappa shape index (κ3) is 5.77. The summed E-state index contributed by atoms with van der Waals surface area (Å²) in [6.07, 6.45) is 2.21. The van der Waals surface area contributed by atoms with Crippen LogP contribution in [0.25, 0.3) is 11.0 Å². The van der Waals surface area contributed by atoms with Crippen LogP contribution in [-0.4, -0.2) is 51.3 Å². The van der Waals surface area contributed by atoms with Gasteiger partial charge in [-0.3, -0.25) is 4.90 Å². The number of likely N-dealkylation sites (tertiary alicyclic amines) is 1. The number of benzene rings is 3. The van der Waals surface area contributed by atoms with Gasteiger partial charge in [-0.15, -0.1) is 0 Å². The average Bonchev–Trinajstić information content (AvgIpc) is 3.50. The van der Waals surface area contributed by atoms with Crippen molar-refractivity contribution in [3.05, 3.63) is 93.2 Å². The van der Waals surface area contributed by atoms with Crippen LogP contribution < -0.4 is 4.74 Å². The highest BCUT2D eigenvalue weighted by atomic mass is 35.5. The molecule has 2 atom stereocenters. The molecule has 0 aliphatic carbocycles. The zero-order valence-corrected chi connectivity index (χ0v) is 22.9. The summed E-state index contributed by atoms with van der Waals surface area (Å²) in [7, 11) is 0. The number of fused-ring (bicyclic) bond motifs is 1. The zero-order chi connectivity index (χ0) is 26.9. The fraction of sp³-hybridized carbons (Fsp3) is 0.333. The molecule has 2 aliphatic rings. The third-order valence-electron chi connectivity index (χ3n) is 7.60. The number of halogens is 2. The van der Waals surface area contributed by atoms with Gasteiger partial charge in [0.1, 0.15) is 18.2 Å². The SMILES string of the molecule is O=C(O)c1ccc2nc(CN3CCC(c4cccc(COc5ccc(Cl)cc5Cl)c4)C3)n(CC3CCO3)c2c1. The maximum Gasteiger partial charge on any atom is 0.335 e. The molecule has 39 heavy (non-hydrogen) atoms. The molecule has 6 rings (SSSR count). The van der Waals surface area contributed by atoms with Crippen molar-refractivity contribution < 1.29 is 19.4 Å². The Bertz CT molecular complexity index is 1520. The number of imidazole rings is 1. The molecule has 2 saturated heterocycles. The van der Waals surface area contributed by atoms with Crippen LogP contribution in [0, 0.1) is 0 Å². The van der Waals surface area contributed by atoms with E-state index in [9.17, 15) is 9.90 Å². The molecule has 3 aromatic carbocycles. The Balaban J connectivity index is 1.15. The standard InChI is InChI=1S/C30H29Cl2N3O4/c31-23-5-7-28(25(32)14-23)39-18-19-2-1-3-20(12-19)22-8-10-34(15-22)17-29-33-26-6-4-21(30(36)37)13-27(26)35(29)16-24-9-11-38-24/h1-7,12-14,22,24H,8-11,15-18H2,(H,36,37). The number of carbonyl (C=O) groups is 1. The lowest BCUT2D eigenvalue weighted by molar-refractivity contribution is -0.0591. The molecule has 2 fully saturated rings. The molecule has 3 heterocycles. The van der Waals surface area contributed by atoms with Crippen LogP contribution in [0.2, 0.25) is 10.0 Å². The van der Waals surface area contributed by atoms with Crippen LogP contribution in [0.5, 0.6) is 5.75 Å². The third-order valence-corrected chi connectivity index (χ3v) is 8.13. The van der Waals surface area contributed by atoms with Crippen molar-refractivity contribution in [3.63, 3.8) is 0 Å². The van der Waals surface area contributed by atoms with Crippen LogP contribution in [0.1, 0.15) is 46.1 Å². The predicted molar refractivity (Wildman–Crippen MR) is 151 cm³/mol. The molecule has 0 radical (unpaired) electrons. The van der Waals surface area contributed by atoms with Gasteiger partial charge in [-0.05, 0) is 72.8 Å². The largest absolute Gasteiger partial charge is 0.487 e. The Labute approximate surface area is 236 Å². The maximum absolute atomic E-state index is 11.6. The normalized spacial score (nSPS) is 19.3. The summed E-state index contributed by atoms with van der Waals surface area (Å²) in [5.41, 5.74) is 4.33. The van der Waals surface area contributed by atoms with Crippen molar-refractivity contribution in [1.82, 2.24) is 14.5 Å². The van der Waals surface area contributed by atoms with Crippen molar-refractivity contribution in [2.45, 2.75) is 44.6 Å². The van der Waals surface area contributed by atoms with Gasteiger partial charge in [-0.2, -0.15) is 0 Å². The van der Waals surface area contributed by atoms with Crippen molar-refractivity contribution in [2.75, 3.05) is 19.7 Å². The van der Waals surface area contributed by atoms with E-state index in [0.717, 1.165) is 55.0 Å². The minimum Gasteiger partial charge on any atom is -0.487 e. The Morgan fingerprint density at radius 3 is 2.74 bits per heavy atom. The Morgan fingerprint density at radius 1 is 1.10 bits per heavy atom. The molecular formula is C30H29Cl2N3O4. The first kappa shape index (κ1) is 26.1. The second-order valence-corrected chi connectivity index (χ2v) is 11.1. The topological polar surface area (TPSA) is 76.8 Å². The van der Waals surface area contributed by atoms with Gasteiger partial charge >= 0.3 is 5.97 Å². The second kappa shape index (κ2) is 11.2. The van der Waals surface area contributed by atoms with Gasteiger partial charge in [0, 0.05) is 18.2 Å². The molecule has 202 valence electrons. The number of carboxylic acids is 1. The molecule has 9 heteroatoms. The van der Waals surface area contributed by atoms with Crippen molar-refractivity contribution >= 4 is 40.2 Å². The van der Waals surface area contributed by atoms with Gasteiger partial charge in [-0.1, -0.05) is 47.5 Å². The number of aromatic carboxylic acids is 1. The number of nitrogens with zero attached hydrogens (tertiary/aromatic N) is 3. The number of ether oxygens (including phenoxy) is 2. The van der Waals surface area contributed by atoms with Gasteiger partial charge in [0.05, 0.1) is 40.8 Å². The molecule has 2 unspecified atom stereocenters. The molecule has 2 aliphatic heterocycles. The van der Waals surface area contributed by atoms with Gasteiger partial charge in [0.2, 0.25) is 0 Å². The fourth-order valence-electron chi connectivity index (χ4n) is 5.40. The van der Waals surface area contributed by atoms with Gasteiger partial charge < -0.3 is 19.1 Å². The zero-order valence-electron chi connectivity index (χ0n) is 21.4. The fourth-order valence-corrected chi connectivity index (χ4v) is 5.86. The van der Waals surface area contributed by atoms with E-state index in [0.29, 0.717) is 41.4 Å². The molecule has 4 aromatic rings. The highest BCUT2D eigenvalue weighted by Gasteiger charge is 2.27. The maximum atomic E-state index is 11.6. The van der Waals surface area contributed by atoms with E-state index in [2.05, 4.69) is 33.7 Å². The molecule has 0 bridgehead atoms. The Hall–Kier alpha value is -3.10. The molecule has 0 spiro atoms. The van der Waals surface area contributed by atoms with Gasteiger partial charge in [0.15, 0.2) is 0 Å². The predicted octanol–water partition coefficient (Wildman–Crippen LogP) is 6.40. The molecule has 1 aromatic heterocycles. The Kier molecular flexibility index (Phi) is 7.49. The minimum atomic E-state index is -0.933. The van der Waals surface area contributed by atoms with E-state index < -0.39 is 5.97 Å².